The third-order valence-corrected chi connectivity index (χ3v) is 1.83. The first kappa shape index (κ1) is 13.9. The Morgan fingerprint density at radius 1 is 1.40 bits per heavy atom. The molecule has 0 fully saturated rings. The lowest BCUT2D eigenvalue weighted by molar-refractivity contribution is -0.121. The highest BCUT2D eigenvalue weighted by Crippen LogP contribution is 1.83. The van der Waals surface area contributed by atoms with Crippen molar-refractivity contribution in [2.24, 2.45) is 0 Å². The molecule has 0 aliphatic heterocycles. The van der Waals surface area contributed by atoms with Gasteiger partial charge in [-0.3, -0.25) is 4.79 Å². The van der Waals surface area contributed by atoms with Crippen LogP contribution in [0.3, 0.4) is 0 Å². The molecular formula is C11H20N2O2. The maximum atomic E-state index is 11.2. The number of carbonyl (C=O) groups is 1. The van der Waals surface area contributed by atoms with Crippen molar-refractivity contribution in [2.75, 3.05) is 33.4 Å². The van der Waals surface area contributed by atoms with Gasteiger partial charge in [-0.15, -0.1) is 12.3 Å². The molecule has 15 heavy (non-hydrogen) atoms. The minimum atomic E-state index is 0.0523. The highest BCUT2D eigenvalue weighted by atomic mass is 16.5. The average molecular weight is 212 g/mol. The molecular weight excluding hydrogens is 192 g/mol. The molecule has 0 spiro atoms. The van der Waals surface area contributed by atoms with Gasteiger partial charge in [-0.1, -0.05) is 0 Å². The molecule has 0 aromatic rings. The van der Waals surface area contributed by atoms with Gasteiger partial charge in [-0.2, -0.15) is 0 Å². The van der Waals surface area contributed by atoms with Crippen molar-refractivity contribution in [3.05, 3.63) is 0 Å². The summed E-state index contributed by atoms with van der Waals surface area (Å²) < 4.78 is 4.81. The molecule has 86 valence electrons. The lowest BCUT2D eigenvalue weighted by Gasteiger charge is -2.05. The molecule has 0 aromatic heterocycles. The van der Waals surface area contributed by atoms with Crippen molar-refractivity contribution in [3.8, 4) is 12.3 Å². The Hall–Kier alpha value is -1.05. The zero-order chi connectivity index (χ0) is 11.4. The molecule has 0 aromatic carbocycles. The monoisotopic (exact) mass is 212 g/mol. The van der Waals surface area contributed by atoms with Crippen LogP contribution in [-0.4, -0.2) is 39.3 Å². The number of hydrogen-bond acceptors (Lipinski definition) is 3. The Labute approximate surface area is 91.8 Å². The molecule has 0 heterocycles. The quantitative estimate of drug-likeness (QED) is 0.422. The first-order chi connectivity index (χ1) is 7.31. The Balaban J connectivity index is 3.14. The van der Waals surface area contributed by atoms with E-state index in [2.05, 4.69) is 16.6 Å². The van der Waals surface area contributed by atoms with Gasteiger partial charge < -0.3 is 15.4 Å². The number of carbonyl (C=O) groups excluding carboxylic acids is 1. The molecule has 4 nitrogen and oxygen atoms in total. The van der Waals surface area contributed by atoms with Crippen LogP contribution < -0.4 is 10.6 Å². The summed E-state index contributed by atoms with van der Waals surface area (Å²) in [5.74, 6) is 2.62. The average Bonchev–Trinajstić information content (AvgIpc) is 2.23. The predicted octanol–water partition coefficient (Wildman–Crippen LogP) is 0.142. The fourth-order valence-corrected chi connectivity index (χ4v) is 1.02. The van der Waals surface area contributed by atoms with Crippen molar-refractivity contribution in [1.82, 2.24) is 10.6 Å². The molecule has 4 heteroatoms. The number of amides is 1. The zero-order valence-corrected chi connectivity index (χ0v) is 9.34. The third-order valence-electron chi connectivity index (χ3n) is 1.83. The molecule has 0 aliphatic carbocycles. The molecule has 0 saturated carbocycles. The van der Waals surface area contributed by atoms with Gasteiger partial charge >= 0.3 is 0 Å². The van der Waals surface area contributed by atoms with E-state index >= 15 is 0 Å². The number of hydrogen-bond donors (Lipinski definition) is 2. The highest BCUT2D eigenvalue weighted by Gasteiger charge is 1.98. The van der Waals surface area contributed by atoms with E-state index in [1.54, 1.807) is 7.11 Å². The molecule has 0 radical (unpaired) electrons. The fourth-order valence-electron chi connectivity index (χ4n) is 1.02. The number of rotatable bonds is 9. The topological polar surface area (TPSA) is 50.4 Å². The van der Waals surface area contributed by atoms with E-state index in [-0.39, 0.29) is 5.91 Å². The number of unbranched alkanes of at least 4 members (excludes halogenated alkanes) is 1. The van der Waals surface area contributed by atoms with Gasteiger partial charge in [0, 0.05) is 33.0 Å². The van der Waals surface area contributed by atoms with Crippen molar-refractivity contribution < 1.29 is 9.53 Å². The first-order valence-electron chi connectivity index (χ1n) is 5.21. The minimum absolute atomic E-state index is 0.0523. The molecule has 0 rings (SSSR count). The van der Waals surface area contributed by atoms with Gasteiger partial charge in [-0.05, 0) is 13.0 Å². The molecule has 0 aliphatic rings. The van der Waals surface area contributed by atoms with Crippen molar-refractivity contribution in [2.45, 2.75) is 19.3 Å². The second kappa shape index (κ2) is 11.0. The smallest absolute Gasteiger partial charge is 0.221 e. The van der Waals surface area contributed by atoms with Crippen molar-refractivity contribution >= 4 is 5.91 Å². The van der Waals surface area contributed by atoms with Crippen LogP contribution in [0, 0.1) is 12.3 Å². The molecule has 0 saturated heterocycles. The van der Waals surface area contributed by atoms with Crippen LogP contribution in [0.4, 0.5) is 0 Å². The molecule has 0 atom stereocenters. The van der Waals surface area contributed by atoms with Crippen LogP contribution >= 0.6 is 0 Å². The van der Waals surface area contributed by atoms with Gasteiger partial charge in [-0.25, -0.2) is 0 Å². The molecule has 1 amide bonds. The van der Waals surface area contributed by atoms with Gasteiger partial charge in [0.25, 0.3) is 0 Å². The van der Waals surface area contributed by atoms with E-state index in [1.807, 2.05) is 0 Å². The first-order valence-corrected chi connectivity index (χ1v) is 5.21. The van der Waals surface area contributed by atoms with E-state index in [9.17, 15) is 4.79 Å². The van der Waals surface area contributed by atoms with Crippen LogP contribution in [0.2, 0.25) is 0 Å². The summed E-state index contributed by atoms with van der Waals surface area (Å²) in [5.41, 5.74) is 0. The highest BCUT2D eigenvalue weighted by molar-refractivity contribution is 5.75. The SMILES string of the molecule is C#CCCCNCCC(=O)NCCOC. The second-order valence-electron chi connectivity index (χ2n) is 3.15. The van der Waals surface area contributed by atoms with E-state index < -0.39 is 0 Å². The summed E-state index contributed by atoms with van der Waals surface area (Å²) in [6.45, 7) is 2.70. The molecule has 0 unspecified atom stereocenters. The largest absolute Gasteiger partial charge is 0.383 e. The minimum Gasteiger partial charge on any atom is -0.383 e. The zero-order valence-electron chi connectivity index (χ0n) is 9.34. The Bertz CT molecular complexity index is 199. The lowest BCUT2D eigenvalue weighted by Crippen LogP contribution is -2.30. The second-order valence-corrected chi connectivity index (χ2v) is 3.15. The summed E-state index contributed by atoms with van der Waals surface area (Å²) in [6.07, 6.45) is 7.35. The molecule has 2 N–H and O–H groups in total. The van der Waals surface area contributed by atoms with Crippen LogP contribution in [0.5, 0.6) is 0 Å². The number of terminal acetylenes is 1. The van der Waals surface area contributed by atoms with Crippen molar-refractivity contribution in [1.29, 1.82) is 0 Å². The van der Waals surface area contributed by atoms with Gasteiger partial charge in [0.05, 0.1) is 6.61 Å². The van der Waals surface area contributed by atoms with E-state index in [1.165, 1.54) is 0 Å². The van der Waals surface area contributed by atoms with E-state index in [0.29, 0.717) is 26.1 Å². The Kier molecular flexibility index (Phi) is 10.3. The summed E-state index contributed by atoms with van der Waals surface area (Å²) in [4.78, 5) is 11.2. The van der Waals surface area contributed by atoms with Crippen molar-refractivity contribution in [3.63, 3.8) is 0 Å². The van der Waals surface area contributed by atoms with Gasteiger partial charge in [0.1, 0.15) is 0 Å². The summed E-state index contributed by atoms with van der Waals surface area (Å²) in [6, 6.07) is 0. The predicted molar refractivity (Wildman–Crippen MR) is 60.4 cm³/mol. The summed E-state index contributed by atoms with van der Waals surface area (Å²) in [7, 11) is 1.61. The van der Waals surface area contributed by atoms with Crippen LogP contribution in [0.1, 0.15) is 19.3 Å². The standard InChI is InChI=1S/C11H20N2O2/c1-3-4-5-7-12-8-6-11(14)13-9-10-15-2/h1,12H,4-10H2,2H3,(H,13,14). The normalized spacial score (nSPS) is 9.60. The molecule has 0 bridgehead atoms. The number of ether oxygens (including phenoxy) is 1. The maximum absolute atomic E-state index is 11.2. The van der Waals surface area contributed by atoms with E-state index in [4.69, 9.17) is 11.2 Å². The summed E-state index contributed by atoms with van der Waals surface area (Å²) >= 11 is 0. The fraction of sp³-hybridized carbons (Fsp3) is 0.727. The third kappa shape index (κ3) is 10.9. The number of methoxy groups -OCH3 is 1. The maximum Gasteiger partial charge on any atom is 0.221 e. The van der Waals surface area contributed by atoms with Gasteiger partial charge in [0.15, 0.2) is 0 Å². The number of nitrogens with one attached hydrogen (secondary N) is 2. The Morgan fingerprint density at radius 2 is 2.20 bits per heavy atom. The van der Waals surface area contributed by atoms with E-state index in [0.717, 1.165) is 19.4 Å². The van der Waals surface area contributed by atoms with Crippen LogP contribution in [-0.2, 0) is 9.53 Å². The van der Waals surface area contributed by atoms with Crippen LogP contribution in [0.25, 0.3) is 0 Å². The lowest BCUT2D eigenvalue weighted by atomic mass is 10.3. The van der Waals surface area contributed by atoms with Gasteiger partial charge in [0.2, 0.25) is 5.91 Å². The van der Waals surface area contributed by atoms with Crippen LogP contribution in [0.15, 0.2) is 0 Å². The Morgan fingerprint density at radius 3 is 2.87 bits per heavy atom. The summed E-state index contributed by atoms with van der Waals surface area (Å²) in [5, 5.41) is 5.90.